The summed E-state index contributed by atoms with van der Waals surface area (Å²) in [5, 5.41) is 5.96. The molecular weight excluding hydrogens is 378 g/mol. The molecule has 1 N–H and O–H groups in total. The zero-order chi connectivity index (χ0) is 16.2. The van der Waals surface area contributed by atoms with Gasteiger partial charge in [-0.15, -0.1) is 11.3 Å². The minimum absolute atomic E-state index is 0.682. The van der Waals surface area contributed by atoms with Gasteiger partial charge in [0.2, 0.25) is 0 Å². The quantitative estimate of drug-likeness (QED) is 0.681. The number of aromatic nitrogens is 2. The van der Waals surface area contributed by atoms with E-state index in [4.69, 9.17) is 9.47 Å². The molecule has 2 heterocycles. The van der Waals surface area contributed by atoms with Crippen LogP contribution >= 0.6 is 27.3 Å². The van der Waals surface area contributed by atoms with E-state index in [1.807, 2.05) is 35.7 Å². The minimum Gasteiger partial charge on any atom is -0.493 e. The maximum atomic E-state index is 5.33. The fourth-order valence-electron chi connectivity index (χ4n) is 2.02. The summed E-state index contributed by atoms with van der Waals surface area (Å²) in [6.45, 7) is 0. The predicted molar refractivity (Wildman–Crippen MR) is 95.9 cm³/mol. The van der Waals surface area contributed by atoms with Crippen molar-refractivity contribution in [2.75, 3.05) is 19.5 Å². The number of pyridine rings is 1. The van der Waals surface area contributed by atoms with Gasteiger partial charge in [0.15, 0.2) is 16.6 Å². The highest BCUT2D eigenvalue weighted by atomic mass is 79.9. The number of benzene rings is 1. The summed E-state index contributed by atoms with van der Waals surface area (Å²) >= 11 is 4.89. The van der Waals surface area contributed by atoms with Crippen LogP contribution in [0.4, 0.5) is 10.9 Å². The van der Waals surface area contributed by atoms with Gasteiger partial charge in [0.05, 0.1) is 19.9 Å². The van der Waals surface area contributed by atoms with E-state index in [1.165, 1.54) is 11.3 Å². The van der Waals surface area contributed by atoms with Crippen molar-refractivity contribution < 1.29 is 9.47 Å². The first-order chi connectivity index (χ1) is 11.2. The molecule has 5 nitrogen and oxygen atoms in total. The Bertz CT molecular complexity index is 805. The minimum atomic E-state index is 0.682. The van der Waals surface area contributed by atoms with Crippen molar-refractivity contribution in [1.29, 1.82) is 0 Å². The number of halogens is 1. The van der Waals surface area contributed by atoms with Gasteiger partial charge in [-0.05, 0) is 46.3 Å². The van der Waals surface area contributed by atoms with Crippen LogP contribution in [0.3, 0.4) is 0 Å². The standard InChI is InChI=1S/C16H14BrN3O2S/c1-21-13-5-3-10(7-14(13)22-2)12-9-23-16(19-12)20-15-6-4-11(17)8-18-15/h3-9H,1-2H3,(H,18,19,20). The van der Waals surface area contributed by atoms with Gasteiger partial charge in [0, 0.05) is 21.6 Å². The Hall–Kier alpha value is -2.12. The van der Waals surface area contributed by atoms with Gasteiger partial charge < -0.3 is 14.8 Å². The number of hydrogen-bond donors (Lipinski definition) is 1. The summed E-state index contributed by atoms with van der Waals surface area (Å²) in [7, 11) is 3.24. The van der Waals surface area contributed by atoms with Crippen LogP contribution in [0.5, 0.6) is 11.5 Å². The van der Waals surface area contributed by atoms with Gasteiger partial charge >= 0.3 is 0 Å². The van der Waals surface area contributed by atoms with Crippen LogP contribution in [0.2, 0.25) is 0 Å². The van der Waals surface area contributed by atoms with Gasteiger partial charge in [-0.25, -0.2) is 9.97 Å². The zero-order valence-corrected chi connectivity index (χ0v) is 14.9. The van der Waals surface area contributed by atoms with Gasteiger partial charge in [-0.2, -0.15) is 0 Å². The Labute approximate surface area is 146 Å². The highest BCUT2D eigenvalue weighted by Gasteiger charge is 2.09. The Morgan fingerprint density at radius 3 is 2.61 bits per heavy atom. The second-order valence-electron chi connectivity index (χ2n) is 4.59. The number of nitrogens with zero attached hydrogens (tertiary/aromatic N) is 2. The molecule has 0 fully saturated rings. The highest BCUT2D eigenvalue weighted by Crippen LogP contribution is 2.33. The maximum absolute atomic E-state index is 5.33. The molecule has 3 rings (SSSR count). The van der Waals surface area contributed by atoms with E-state index in [9.17, 15) is 0 Å². The third-order valence-corrected chi connectivity index (χ3v) is 4.37. The van der Waals surface area contributed by atoms with E-state index >= 15 is 0 Å². The summed E-state index contributed by atoms with van der Waals surface area (Å²) in [5.41, 5.74) is 1.84. The summed E-state index contributed by atoms with van der Waals surface area (Å²) in [6, 6.07) is 9.56. The SMILES string of the molecule is COc1ccc(-c2csc(Nc3ccc(Br)cn3)n2)cc1OC. The second-order valence-corrected chi connectivity index (χ2v) is 6.37. The fourth-order valence-corrected chi connectivity index (χ4v) is 2.98. The van der Waals surface area contributed by atoms with Crippen molar-refractivity contribution in [2.45, 2.75) is 0 Å². The lowest BCUT2D eigenvalue weighted by atomic mass is 10.1. The normalized spacial score (nSPS) is 10.4. The molecule has 118 valence electrons. The molecule has 3 aromatic rings. The summed E-state index contributed by atoms with van der Waals surface area (Å²) < 4.78 is 11.5. The largest absolute Gasteiger partial charge is 0.493 e. The van der Waals surface area contributed by atoms with E-state index < -0.39 is 0 Å². The predicted octanol–water partition coefficient (Wildman–Crippen LogP) is 4.73. The molecule has 0 bridgehead atoms. The summed E-state index contributed by atoms with van der Waals surface area (Å²) in [4.78, 5) is 8.87. The van der Waals surface area contributed by atoms with E-state index in [1.54, 1.807) is 20.4 Å². The molecule has 0 spiro atoms. The lowest BCUT2D eigenvalue weighted by Crippen LogP contribution is -1.93. The molecule has 1 aromatic carbocycles. The van der Waals surface area contributed by atoms with Crippen LogP contribution in [-0.2, 0) is 0 Å². The van der Waals surface area contributed by atoms with Crippen LogP contribution in [0, 0.1) is 0 Å². The third kappa shape index (κ3) is 3.62. The van der Waals surface area contributed by atoms with Gasteiger partial charge in [-0.3, -0.25) is 0 Å². The van der Waals surface area contributed by atoms with Crippen LogP contribution in [0.15, 0.2) is 46.4 Å². The molecule has 0 saturated heterocycles. The van der Waals surface area contributed by atoms with Crippen molar-refractivity contribution in [3.8, 4) is 22.8 Å². The molecular formula is C16H14BrN3O2S. The number of rotatable bonds is 5. The smallest absolute Gasteiger partial charge is 0.188 e. The van der Waals surface area contributed by atoms with Crippen molar-refractivity contribution in [3.05, 3.63) is 46.4 Å². The number of hydrogen-bond acceptors (Lipinski definition) is 6. The van der Waals surface area contributed by atoms with E-state index in [-0.39, 0.29) is 0 Å². The average Bonchev–Trinajstić information content (AvgIpc) is 3.05. The molecule has 0 aliphatic heterocycles. The number of anilines is 2. The Balaban J connectivity index is 1.82. The van der Waals surface area contributed by atoms with Crippen LogP contribution in [0.1, 0.15) is 0 Å². The average molecular weight is 392 g/mol. The molecule has 0 atom stereocenters. The lowest BCUT2D eigenvalue weighted by Gasteiger charge is -2.08. The second kappa shape index (κ2) is 6.97. The molecule has 0 unspecified atom stereocenters. The van der Waals surface area contributed by atoms with E-state index in [0.29, 0.717) is 11.5 Å². The molecule has 0 aliphatic rings. The van der Waals surface area contributed by atoms with Crippen LogP contribution in [-0.4, -0.2) is 24.2 Å². The molecule has 23 heavy (non-hydrogen) atoms. The molecule has 0 aliphatic carbocycles. The number of thiazole rings is 1. The third-order valence-electron chi connectivity index (χ3n) is 3.15. The lowest BCUT2D eigenvalue weighted by molar-refractivity contribution is 0.355. The Morgan fingerprint density at radius 2 is 1.91 bits per heavy atom. The molecule has 2 aromatic heterocycles. The Kier molecular flexibility index (Phi) is 4.78. The molecule has 7 heteroatoms. The molecule has 0 radical (unpaired) electrons. The topological polar surface area (TPSA) is 56.3 Å². The van der Waals surface area contributed by atoms with E-state index in [2.05, 4.69) is 31.2 Å². The first-order valence-corrected chi connectivity index (χ1v) is 8.43. The number of methoxy groups -OCH3 is 2. The molecule has 0 amide bonds. The molecule has 0 saturated carbocycles. The van der Waals surface area contributed by atoms with Crippen molar-refractivity contribution in [2.24, 2.45) is 0 Å². The number of nitrogens with one attached hydrogen (secondary N) is 1. The zero-order valence-electron chi connectivity index (χ0n) is 12.5. The monoisotopic (exact) mass is 391 g/mol. The summed E-state index contributed by atoms with van der Waals surface area (Å²) in [6.07, 6.45) is 1.74. The van der Waals surface area contributed by atoms with Crippen molar-refractivity contribution in [3.63, 3.8) is 0 Å². The van der Waals surface area contributed by atoms with Gasteiger partial charge in [-0.1, -0.05) is 0 Å². The summed E-state index contributed by atoms with van der Waals surface area (Å²) in [5.74, 6) is 2.13. The maximum Gasteiger partial charge on any atom is 0.188 e. The van der Waals surface area contributed by atoms with Gasteiger partial charge in [0.25, 0.3) is 0 Å². The van der Waals surface area contributed by atoms with Crippen LogP contribution in [0.25, 0.3) is 11.3 Å². The first-order valence-electron chi connectivity index (χ1n) is 6.76. The first kappa shape index (κ1) is 15.8. The Morgan fingerprint density at radius 1 is 1.09 bits per heavy atom. The number of ether oxygens (including phenoxy) is 2. The van der Waals surface area contributed by atoms with Crippen LogP contribution < -0.4 is 14.8 Å². The highest BCUT2D eigenvalue weighted by molar-refractivity contribution is 9.10. The van der Waals surface area contributed by atoms with Crippen molar-refractivity contribution >= 4 is 38.2 Å². The fraction of sp³-hybridized carbons (Fsp3) is 0.125. The van der Waals surface area contributed by atoms with Crippen molar-refractivity contribution in [1.82, 2.24) is 9.97 Å². The van der Waals surface area contributed by atoms with E-state index in [0.717, 1.165) is 26.7 Å². The van der Waals surface area contributed by atoms with Gasteiger partial charge in [0.1, 0.15) is 5.82 Å².